The molecule has 0 heterocycles. The third kappa shape index (κ3) is 4.78. The molecule has 0 nitrogen and oxygen atoms in total. The summed E-state index contributed by atoms with van der Waals surface area (Å²) in [6.45, 7) is 7.98. The van der Waals surface area contributed by atoms with Crippen molar-refractivity contribution in [3.8, 4) is 0 Å². The average molecular weight is 145 g/mol. The van der Waals surface area contributed by atoms with E-state index in [1.165, 1.54) is 0 Å². The van der Waals surface area contributed by atoms with Gasteiger partial charge in [0.15, 0.2) is 0 Å². The van der Waals surface area contributed by atoms with Crippen LogP contribution in [0.3, 0.4) is 0 Å². The smallest absolute Gasteiger partial charge is 0.0998 e. The maximum absolute atomic E-state index is 12.5. The molecule has 0 rings (SSSR count). The zero-order valence-corrected chi connectivity index (χ0v) is 7.52. The van der Waals surface area contributed by atoms with Crippen LogP contribution >= 0.6 is 0 Å². The van der Waals surface area contributed by atoms with E-state index >= 15 is 0 Å². The van der Waals surface area contributed by atoms with Crippen LogP contribution in [0.15, 0.2) is 0 Å². The summed E-state index contributed by atoms with van der Waals surface area (Å²) in [7, 11) is 0. The minimum atomic E-state index is -0.640. The van der Waals surface area contributed by atoms with E-state index in [2.05, 4.69) is 13.8 Å². The van der Waals surface area contributed by atoms with Gasteiger partial charge >= 0.3 is 0 Å². The standard InChI is InChI=1S/C9H19F/c1-7(2)5-6-8(3)9(4)10/h7-9H,5-6H2,1-4H3/t8-,9-/m1/s1/i10-1. The summed E-state index contributed by atoms with van der Waals surface area (Å²) in [4.78, 5) is 0. The van der Waals surface area contributed by atoms with Crippen molar-refractivity contribution in [1.29, 1.82) is 0 Å². The van der Waals surface area contributed by atoms with E-state index < -0.39 is 6.17 Å². The lowest BCUT2D eigenvalue weighted by atomic mass is 9.96. The molecule has 1 heteroatoms. The van der Waals surface area contributed by atoms with Crippen molar-refractivity contribution < 1.29 is 4.39 Å². The summed E-state index contributed by atoms with van der Waals surface area (Å²) in [5, 5.41) is 0. The molecule has 0 spiro atoms. The third-order valence-electron chi connectivity index (χ3n) is 1.98. The van der Waals surface area contributed by atoms with Gasteiger partial charge in [-0.2, -0.15) is 0 Å². The molecule has 0 fully saturated rings. The number of rotatable bonds is 4. The van der Waals surface area contributed by atoms with Crippen LogP contribution in [0.4, 0.5) is 4.39 Å². The van der Waals surface area contributed by atoms with Crippen LogP contribution in [0.5, 0.6) is 0 Å². The van der Waals surface area contributed by atoms with E-state index in [1.807, 2.05) is 6.92 Å². The van der Waals surface area contributed by atoms with Crippen molar-refractivity contribution in [2.45, 2.75) is 46.7 Å². The Hall–Kier alpha value is -0.0700. The van der Waals surface area contributed by atoms with Gasteiger partial charge in [0.2, 0.25) is 0 Å². The molecule has 0 aliphatic rings. The van der Waals surface area contributed by atoms with E-state index in [4.69, 9.17) is 0 Å². The van der Waals surface area contributed by atoms with Crippen molar-refractivity contribution >= 4 is 0 Å². The second-order valence-corrected chi connectivity index (χ2v) is 3.63. The second-order valence-electron chi connectivity index (χ2n) is 3.63. The first-order chi connectivity index (χ1) is 4.54. The van der Waals surface area contributed by atoms with Gasteiger partial charge in [-0.15, -0.1) is 0 Å². The molecule has 0 bridgehead atoms. The van der Waals surface area contributed by atoms with Gasteiger partial charge in [0, 0.05) is 0 Å². The Labute approximate surface area is 63.8 Å². The minimum absolute atomic E-state index is 0.238. The van der Waals surface area contributed by atoms with Gasteiger partial charge in [0.05, 0.1) is 6.17 Å². The lowest BCUT2D eigenvalue weighted by Gasteiger charge is -2.13. The van der Waals surface area contributed by atoms with Crippen LogP contribution in [0.2, 0.25) is 0 Å². The van der Waals surface area contributed by atoms with Crippen LogP contribution < -0.4 is 0 Å². The summed E-state index contributed by atoms with van der Waals surface area (Å²) in [6.07, 6.45) is 1.53. The van der Waals surface area contributed by atoms with Crippen molar-refractivity contribution in [1.82, 2.24) is 0 Å². The van der Waals surface area contributed by atoms with Gasteiger partial charge in [0.1, 0.15) is 0 Å². The summed E-state index contributed by atoms with van der Waals surface area (Å²) in [5.41, 5.74) is 0. The third-order valence-corrected chi connectivity index (χ3v) is 1.98. The molecule has 0 aromatic heterocycles. The molecule has 62 valence electrons. The van der Waals surface area contributed by atoms with Crippen molar-refractivity contribution in [2.24, 2.45) is 11.8 Å². The Bertz CT molecular complexity index is 76.8. The van der Waals surface area contributed by atoms with E-state index in [1.54, 1.807) is 6.92 Å². The predicted octanol–water partition coefficient (Wildman–Crippen LogP) is 3.42. The fourth-order valence-electron chi connectivity index (χ4n) is 0.826. The van der Waals surface area contributed by atoms with E-state index in [-0.39, 0.29) is 5.92 Å². The lowest BCUT2D eigenvalue weighted by Crippen LogP contribution is -2.08. The molecule has 0 amide bonds. The van der Waals surface area contributed by atoms with Crippen LogP contribution in [-0.4, -0.2) is 6.17 Å². The van der Waals surface area contributed by atoms with Crippen LogP contribution in [-0.2, 0) is 0 Å². The molecule has 0 aromatic carbocycles. The summed E-state index contributed by atoms with van der Waals surface area (Å²) in [5.74, 6) is 0.948. The molecule has 0 saturated heterocycles. The Kier molecular flexibility index (Phi) is 4.67. The molecule has 0 radical (unpaired) electrons. The molecular formula is C9H19F. The molecule has 0 aliphatic carbocycles. The van der Waals surface area contributed by atoms with Crippen LogP contribution in [0.1, 0.15) is 40.5 Å². The largest absolute Gasteiger partial charge is 0.248 e. The molecule has 0 saturated carbocycles. The number of alkyl halides is 1. The topological polar surface area (TPSA) is 0 Å². The van der Waals surface area contributed by atoms with Crippen molar-refractivity contribution in [3.63, 3.8) is 0 Å². The normalized spacial score (nSPS) is 17.4. The fraction of sp³-hybridized carbons (Fsp3) is 1.00. The zero-order valence-electron chi connectivity index (χ0n) is 7.52. The Morgan fingerprint density at radius 3 is 1.80 bits per heavy atom. The van der Waals surface area contributed by atoms with E-state index in [9.17, 15) is 4.39 Å². The maximum atomic E-state index is 12.5. The van der Waals surface area contributed by atoms with Gasteiger partial charge in [-0.3, -0.25) is 0 Å². The first kappa shape index (κ1) is 9.93. The number of hydrogen-bond donors (Lipinski definition) is 0. The monoisotopic (exact) mass is 145 g/mol. The molecular weight excluding hydrogens is 126 g/mol. The highest BCUT2D eigenvalue weighted by Crippen LogP contribution is 2.16. The van der Waals surface area contributed by atoms with E-state index in [0.29, 0.717) is 5.92 Å². The first-order valence-corrected chi connectivity index (χ1v) is 4.18. The highest BCUT2D eigenvalue weighted by Gasteiger charge is 2.10. The average Bonchev–Trinajstić information content (AvgIpc) is 1.82. The fourth-order valence-corrected chi connectivity index (χ4v) is 0.826. The van der Waals surface area contributed by atoms with Gasteiger partial charge in [-0.25, -0.2) is 4.39 Å². The minimum Gasteiger partial charge on any atom is -0.248 e. The molecule has 0 aromatic rings. The molecule has 0 unspecified atom stereocenters. The first-order valence-electron chi connectivity index (χ1n) is 4.18. The SMILES string of the molecule is CC(C)CC[C@@H](C)[C@@H](C)[18F]. The molecule has 2 atom stereocenters. The van der Waals surface area contributed by atoms with Crippen LogP contribution in [0.25, 0.3) is 0 Å². The zero-order chi connectivity index (χ0) is 8.15. The highest BCUT2D eigenvalue weighted by atomic mass is 18.2. The number of hydrogen-bond acceptors (Lipinski definition) is 0. The predicted molar refractivity (Wildman–Crippen MR) is 43.8 cm³/mol. The van der Waals surface area contributed by atoms with Gasteiger partial charge in [0.25, 0.3) is 0 Å². The summed E-state index contributed by atoms with van der Waals surface area (Å²) >= 11 is 0. The van der Waals surface area contributed by atoms with Gasteiger partial charge in [-0.1, -0.05) is 27.2 Å². The maximum Gasteiger partial charge on any atom is 0.0998 e. The quantitative estimate of drug-likeness (QED) is 0.568. The highest BCUT2D eigenvalue weighted by molar-refractivity contribution is 4.60. The molecule has 10 heavy (non-hydrogen) atoms. The molecule has 0 N–H and O–H groups in total. The number of halogens is 1. The Morgan fingerprint density at radius 1 is 1.00 bits per heavy atom. The summed E-state index contributed by atoms with van der Waals surface area (Å²) in [6, 6.07) is 0. The Balaban J connectivity index is 3.30. The van der Waals surface area contributed by atoms with Crippen molar-refractivity contribution in [3.05, 3.63) is 0 Å². The van der Waals surface area contributed by atoms with Crippen LogP contribution in [0, 0.1) is 11.8 Å². The lowest BCUT2D eigenvalue weighted by molar-refractivity contribution is 0.243. The second kappa shape index (κ2) is 4.70. The Morgan fingerprint density at radius 2 is 1.50 bits per heavy atom. The molecule has 0 aliphatic heterocycles. The van der Waals surface area contributed by atoms with Gasteiger partial charge in [-0.05, 0) is 25.2 Å². The van der Waals surface area contributed by atoms with Gasteiger partial charge < -0.3 is 0 Å². The van der Waals surface area contributed by atoms with Crippen molar-refractivity contribution in [2.75, 3.05) is 0 Å². The van der Waals surface area contributed by atoms with E-state index in [0.717, 1.165) is 12.8 Å². The summed E-state index contributed by atoms with van der Waals surface area (Å²) < 4.78 is 12.5.